The smallest absolute Gasteiger partial charge is 0.254 e. The maximum Gasteiger partial charge on any atom is 0.254 e. The van der Waals surface area contributed by atoms with Crippen LogP contribution in [0.3, 0.4) is 0 Å². The van der Waals surface area contributed by atoms with E-state index in [-0.39, 0.29) is 18.4 Å². The maximum atomic E-state index is 14.5. The van der Waals surface area contributed by atoms with E-state index in [1.54, 1.807) is 31.6 Å². The third-order valence-electron chi connectivity index (χ3n) is 6.81. The first-order valence-electron chi connectivity index (χ1n) is 10.2. The van der Waals surface area contributed by atoms with Crippen molar-refractivity contribution in [2.24, 2.45) is 0 Å². The standard InChI is InChI=1S/C23H21FN4O2S2/c1-4-10-28-20(30)23(32-21(28)31)17(14-6-5-9-25-12-14)13-26(2)22(23)16-11-15(24)7-8-18(16)27(3)19(22)29/h4-9,11-12,17H,1,10,13H2,2-3H3/t17-,22+,23-/m1/s1. The number of carbonyl (C=O) groups is 2. The van der Waals surface area contributed by atoms with E-state index in [0.717, 1.165) is 5.56 Å². The lowest BCUT2D eigenvalue weighted by atomic mass is 9.72. The summed E-state index contributed by atoms with van der Waals surface area (Å²) in [6.07, 6.45) is 5.01. The van der Waals surface area contributed by atoms with Crippen molar-refractivity contribution in [3.63, 3.8) is 0 Å². The molecule has 164 valence electrons. The van der Waals surface area contributed by atoms with Crippen molar-refractivity contribution >= 4 is 45.8 Å². The molecule has 6 nitrogen and oxygen atoms in total. The zero-order valence-electron chi connectivity index (χ0n) is 17.6. The van der Waals surface area contributed by atoms with Crippen LogP contribution in [0.1, 0.15) is 17.0 Å². The second kappa shape index (κ2) is 7.19. The second-order valence-electron chi connectivity index (χ2n) is 8.26. The molecule has 2 saturated heterocycles. The Kier molecular flexibility index (Phi) is 4.77. The number of likely N-dealkylation sites (N-methyl/N-ethyl adjacent to an activating group) is 2. The normalized spacial score (nSPS) is 29.6. The highest BCUT2D eigenvalue weighted by Gasteiger charge is 2.78. The van der Waals surface area contributed by atoms with Gasteiger partial charge in [-0.25, -0.2) is 4.39 Å². The molecule has 3 aliphatic rings. The molecule has 0 bridgehead atoms. The van der Waals surface area contributed by atoms with E-state index in [9.17, 15) is 14.0 Å². The molecule has 9 heteroatoms. The number of hydrogen-bond acceptors (Lipinski definition) is 6. The predicted molar refractivity (Wildman–Crippen MR) is 126 cm³/mol. The number of amides is 2. The molecule has 0 aliphatic carbocycles. The van der Waals surface area contributed by atoms with Crippen LogP contribution >= 0.6 is 24.0 Å². The number of thiocarbonyl (C=S) groups is 1. The number of aromatic nitrogens is 1. The Morgan fingerprint density at radius 1 is 1.31 bits per heavy atom. The Labute approximate surface area is 195 Å². The van der Waals surface area contributed by atoms with Gasteiger partial charge in [-0.05, 0) is 36.9 Å². The van der Waals surface area contributed by atoms with E-state index in [1.807, 2.05) is 24.1 Å². The lowest BCUT2D eigenvalue weighted by Crippen LogP contribution is -2.62. The third-order valence-corrected chi connectivity index (χ3v) is 8.75. The van der Waals surface area contributed by atoms with Crippen LogP contribution in [0, 0.1) is 5.82 Å². The molecule has 2 amide bonds. The number of halogens is 1. The van der Waals surface area contributed by atoms with Crippen molar-refractivity contribution in [3.05, 3.63) is 72.3 Å². The molecule has 2 fully saturated rings. The number of carbonyl (C=O) groups excluding carboxylic acids is 2. The largest absolute Gasteiger partial charge is 0.313 e. The lowest BCUT2D eigenvalue weighted by molar-refractivity contribution is -0.138. The fourth-order valence-corrected chi connectivity index (χ4v) is 7.68. The van der Waals surface area contributed by atoms with Crippen LogP contribution in [-0.4, -0.2) is 62.9 Å². The monoisotopic (exact) mass is 468 g/mol. The summed E-state index contributed by atoms with van der Waals surface area (Å²) in [7, 11) is 3.48. The number of likely N-dealkylation sites (tertiary alicyclic amines) is 1. The van der Waals surface area contributed by atoms with E-state index in [0.29, 0.717) is 22.1 Å². The van der Waals surface area contributed by atoms with Gasteiger partial charge in [0.1, 0.15) is 14.9 Å². The van der Waals surface area contributed by atoms with Gasteiger partial charge in [0, 0.05) is 49.7 Å². The summed E-state index contributed by atoms with van der Waals surface area (Å²) in [6, 6.07) is 8.04. The van der Waals surface area contributed by atoms with Gasteiger partial charge in [-0.1, -0.05) is 36.1 Å². The molecule has 0 radical (unpaired) electrons. The first-order chi connectivity index (χ1) is 15.3. The minimum absolute atomic E-state index is 0.242. The number of thioether (sulfide) groups is 1. The van der Waals surface area contributed by atoms with E-state index in [4.69, 9.17) is 12.2 Å². The van der Waals surface area contributed by atoms with Gasteiger partial charge >= 0.3 is 0 Å². The Morgan fingerprint density at radius 3 is 2.78 bits per heavy atom. The molecule has 4 heterocycles. The number of hydrogen-bond donors (Lipinski definition) is 0. The SMILES string of the molecule is C=CCN1C(=O)[C@]2(SC1=S)[C@@H](c1cccnc1)CN(C)[C@@]21C(=O)N(C)c2ccc(F)cc21. The molecule has 1 aromatic heterocycles. The summed E-state index contributed by atoms with van der Waals surface area (Å²) in [4.78, 5) is 37.5. The lowest BCUT2D eigenvalue weighted by Gasteiger charge is -2.42. The molecule has 3 aliphatic heterocycles. The summed E-state index contributed by atoms with van der Waals surface area (Å²) in [5, 5.41) is 0. The number of pyridine rings is 1. The fourth-order valence-electron chi connectivity index (χ4n) is 5.54. The highest BCUT2D eigenvalue weighted by molar-refractivity contribution is 8.25. The first kappa shape index (κ1) is 21.2. The summed E-state index contributed by atoms with van der Waals surface area (Å²) in [5.41, 5.74) is 0.501. The summed E-state index contributed by atoms with van der Waals surface area (Å²) < 4.78 is 13.6. The molecular weight excluding hydrogens is 447 g/mol. The van der Waals surface area contributed by atoms with E-state index < -0.39 is 22.0 Å². The van der Waals surface area contributed by atoms with Gasteiger partial charge in [-0.3, -0.25) is 24.4 Å². The van der Waals surface area contributed by atoms with Crippen LogP contribution in [-0.2, 0) is 15.1 Å². The number of fused-ring (bicyclic) bond motifs is 3. The molecule has 0 N–H and O–H groups in total. The van der Waals surface area contributed by atoms with Crippen LogP contribution in [0.4, 0.5) is 10.1 Å². The quantitative estimate of drug-likeness (QED) is 0.510. The average Bonchev–Trinajstić information content (AvgIpc) is 3.28. The van der Waals surface area contributed by atoms with E-state index >= 15 is 0 Å². The van der Waals surface area contributed by atoms with Gasteiger partial charge in [0.05, 0.1) is 0 Å². The van der Waals surface area contributed by atoms with Crippen LogP contribution < -0.4 is 4.90 Å². The minimum Gasteiger partial charge on any atom is -0.313 e. The Morgan fingerprint density at radius 2 is 2.09 bits per heavy atom. The Bertz CT molecular complexity index is 1180. The van der Waals surface area contributed by atoms with Crippen molar-refractivity contribution in [2.75, 3.05) is 32.1 Å². The average molecular weight is 469 g/mol. The van der Waals surface area contributed by atoms with Gasteiger partial charge in [0.15, 0.2) is 5.54 Å². The molecule has 32 heavy (non-hydrogen) atoms. The van der Waals surface area contributed by atoms with E-state index in [1.165, 1.54) is 33.7 Å². The van der Waals surface area contributed by atoms with Gasteiger partial charge in [-0.15, -0.1) is 6.58 Å². The maximum absolute atomic E-state index is 14.5. The van der Waals surface area contributed by atoms with Gasteiger partial charge < -0.3 is 4.90 Å². The molecule has 0 unspecified atom stereocenters. The number of nitrogens with zero attached hydrogens (tertiary/aromatic N) is 4. The van der Waals surface area contributed by atoms with Crippen LogP contribution in [0.25, 0.3) is 0 Å². The molecule has 5 rings (SSSR count). The van der Waals surface area contributed by atoms with E-state index in [2.05, 4.69) is 11.6 Å². The summed E-state index contributed by atoms with van der Waals surface area (Å²) in [5.74, 6) is -1.38. The van der Waals surface area contributed by atoms with Gasteiger partial charge in [-0.2, -0.15) is 0 Å². The van der Waals surface area contributed by atoms with Gasteiger partial charge in [0.25, 0.3) is 5.91 Å². The van der Waals surface area contributed by atoms with Crippen molar-refractivity contribution < 1.29 is 14.0 Å². The zero-order valence-corrected chi connectivity index (χ0v) is 19.3. The van der Waals surface area contributed by atoms with Crippen molar-refractivity contribution in [1.29, 1.82) is 0 Å². The number of anilines is 1. The molecule has 0 saturated carbocycles. The van der Waals surface area contributed by atoms with Crippen molar-refractivity contribution in [1.82, 2.24) is 14.8 Å². The molecule has 2 aromatic rings. The predicted octanol–water partition coefficient (Wildman–Crippen LogP) is 2.91. The van der Waals surface area contributed by atoms with Crippen LogP contribution in [0.5, 0.6) is 0 Å². The summed E-state index contributed by atoms with van der Waals surface area (Å²) in [6.45, 7) is 4.41. The highest BCUT2D eigenvalue weighted by atomic mass is 32.2. The molecular formula is C23H21FN4O2S2. The molecule has 1 aromatic carbocycles. The zero-order chi connectivity index (χ0) is 22.8. The first-order valence-corrected chi connectivity index (χ1v) is 11.4. The topological polar surface area (TPSA) is 56.8 Å². The van der Waals surface area contributed by atoms with Crippen LogP contribution in [0.15, 0.2) is 55.4 Å². The number of benzene rings is 1. The minimum atomic E-state index is -1.42. The summed E-state index contributed by atoms with van der Waals surface area (Å²) >= 11 is 6.86. The Hall–Kier alpha value is -2.62. The van der Waals surface area contributed by atoms with Crippen molar-refractivity contribution in [2.45, 2.75) is 16.2 Å². The van der Waals surface area contributed by atoms with Crippen LogP contribution in [0.2, 0.25) is 0 Å². The van der Waals surface area contributed by atoms with Gasteiger partial charge in [0.2, 0.25) is 5.91 Å². The van der Waals surface area contributed by atoms with Crippen molar-refractivity contribution in [3.8, 4) is 0 Å². The highest BCUT2D eigenvalue weighted by Crippen LogP contribution is 2.66. The second-order valence-corrected chi connectivity index (χ2v) is 10.1. The number of rotatable bonds is 3. The Balaban J connectivity index is 1.85. The molecule has 2 spiro atoms. The fraction of sp³-hybridized carbons (Fsp3) is 0.304. The molecule has 3 atom stereocenters. The third kappa shape index (κ3) is 2.39.